The summed E-state index contributed by atoms with van der Waals surface area (Å²) in [5, 5.41) is 23.0. The van der Waals surface area contributed by atoms with E-state index in [4.69, 9.17) is 14.6 Å². The zero-order chi connectivity index (χ0) is 20.3. The topological polar surface area (TPSA) is 111 Å². The van der Waals surface area contributed by atoms with Crippen LogP contribution in [0.25, 0.3) is 0 Å². The van der Waals surface area contributed by atoms with Crippen molar-refractivity contribution >= 4 is 23.4 Å². The molecule has 0 aliphatic carbocycles. The first kappa shape index (κ1) is 20.0. The van der Waals surface area contributed by atoms with Crippen molar-refractivity contribution in [1.82, 2.24) is 5.32 Å². The number of rotatable bonds is 7. The van der Waals surface area contributed by atoms with Gasteiger partial charge in [0, 0.05) is 22.9 Å². The van der Waals surface area contributed by atoms with Crippen LogP contribution in [0.5, 0.6) is 11.5 Å². The van der Waals surface area contributed by atoms with E-state index in [0.717, 1.165) is 11.1 Å². The lowest BCUT2D eigenvalue weighted by molar-refractivity contribution is -0.385. The lowest BCUT2D eigenvalue weighted by Gasteiger charge is -2.16. The molecule has 0 spiro atoms. The van der Waals surface area contributed by atoms with Crippen molar-refractivity contribution < 1.29 is 24.3 Å². The van der Waals surface area contributed by atoms with Crippen molar-refractivity contribution in [3.63, 3.8) is 0 Å². The van der Waals surface area contributed by atoms with E-state index in [1.807, 2.05) is 18.2 Å². The fraction of sp³-hybridized carbons (Fsp3) is 0.316. The Morgan fingerprint density at radius 3 is 2.75 bits per heavy atom. The predicted molar refractivity (Wildman–Crippen MR) is 105 cm³/mol. The minimum absolute atomic E-state index is 0.0456. The summed E-state index contributed by atoms with van der Waals surface area (Å²) in [7, 11) is 1.57. The van der Waals surface area contributed by atoms with Gasteiger partial charge in [-0.2, -0.15) is 0 Å². The van der Waals surface area contributed by atoms with Gasteiger partial charge in [0.1, 0.15) is 24.1 Å². The molecule has 8 nitrogen and oxygen atoms in total. The Bertz CT molecular complexity index is 904. The Morgan fingerprint density at radius 2 is 2.14 bits per heavy atom. The number of hydrogen-bond donors (Lipinski definition) is 2. The molecule has 148 valence electrons. The number of carbonyl (C=O) groups is 1. The van der Waals surface area contributed by atoms with Crippen molar-refractivity contribution in [2.24, 2.45) is 0 Å². The van der Waals surface area contributed by atoms with E-state index in [2.05, 4.69) is 5.32 Å². The summed E-state index contributed by atoms with van der Waals surface area (Å²) in [6.45, 7) is 1.88. The van der Waals surface area contributed by atoms with E-state index in [9.17, 15) is 14.9 Å². The second-order valence-electron chi connectivity index (χ2n) is 6.34. The number of aryl methyl sites for hydroxylation is 1. The third-order valence-corrected chi connectivity index (χ3v) is 5.71. The van der Waals surface area contributed by atoms with E-state index in [0.29, 0.717) is 22.8 Å². The number of carboxylic acids is 1. The van der Waals surface area contributed by atoms with Gasteiger partial charge < -0.3 is 14.6 Å². The molecule has 0 radical (unpaired) electrons. The van der Waals surface area contributed by atoms with Gasteiger partial charge in [-0.05, 0) is 36.8 Å². The summed E-state index contributed by atoms with van der Waals surface area (Å²) in [4.78, 5) is 21.6. The van der Waals surface area contributed by atoms with Crippen molar-refractivity contribution in [3.05, 3.63) is 63.2 Å². The number of hydrogen-bond acceptors (Lipinski definition) is 7. The van der Waals surface area contributed by atoms with E-state index in [1.165, 1.54) is 17.8 Å². The van der Waals surface area contributed by atoms with Crippen LogP contribution in [-0.4, -0.2) is 34.9 Å². The zero-order valence-electron chi connectivity index (χ0n) is 15.4. The number of methoxy groups -OCH3 is 1. The molecule has 3 rings (SSSR count). The van der Waals surface area contributed by atoms with Crippen LogP contribution in [0.3, 0.4) is 0 Å². The van der Waals surface area contributed by atoms with Crippen LogP contribution in [0.2, 0.25) is 0 Å². The molecular formula is C19H20N2O6S. The number of nitrogens with zero attached hydrogens (tertiary/aromatic N) is 1. The molecule has 2 N–H and O–H groups in total. The van der Waals surface area contributed by atoms with Gasteiger partial charge in [0.15, 0.2) is 0 Å². The second-order valence-corrected chi connectivity index (χ2v) is 7.47. The molecule has 1 saturated heterocycles. The zero-order valence-corrected chi connectivity index (χ0v) is 16.2. The summed E-state index contributed by atoms with van der Waals surface area (Å²) < 4.78 is 11.2. The number of nitrogens with one attached hydrogen (secondary N) is 1. The van der Waals surface area contributed by atoms with Gasteiger partial charge in [0.2, 0.25) is 0 Å². The highest BCUT2D eigenvalue weighted by Gasteiger charge is 2.30. The van der Waals surface area contributed by atoms with Crippen molar-refractivity contribution in [2.45, 2.75) is 24.9 Å². The first-order chi connectivity index (χ1) is 13.4. The fourth-order valence-corrected chi connectivity index (χ4v) is 4.19. The molecule has 9 heteroatoms. The van der Waals surface area contributed by atoms with Crippen LogP contribution in [0, 0.1) is 17.0 Å². The standard InChI is InChI=1S/C19H20N2O6S/c1-11-7-14(4-5-16(11)21(24)25)27-9-13-8-12(3-6-17(13)26-2)18-20-15(10-28-18)19(22)23/h3-8,15,18,20H,9-10H2,1-2H3,(H,22,23)/t15-,18+/m1/s1. The van der Waals surface area contributed by atoms with Crippen LogP contribution >= 0.6 is 11.8 Å². The largest absolute Gasteiger partial charge is 0.496 e. The number of aliphatic carboxylic acids is 1. The highest BCUT2D eigenvalue weighted by Crippen LogP contribution is 2.35. The maximum atomic E-state index is 11.1. The highest BCUT2D eigenvalue weighted by molar-refractivity contribution is 7.99. The van der Waals surface area contributed by atoms with Gasteiger partial charge >= 0.3 is 5.97 Å². The molecule has 2 atom stereocenters. The molecule has 28 heavy (non-hydrogen) atoms. The highest BCUT2D eigenvalue weighted by atomic mass is 32.2. The van der Waals surface area contributed by atoms with Crippen molar-refractivity contribution in [1.29, 1.82) is 0 Å². The molecule has 1 aliphatic rings. The first-order valence-electron chi connectivity index (χ1n) is 8.54. The number of thioether (sulfide) groups is 1. The van der Waals surface area contributed by atoms with Crippen molar-refractivity contribution in [3.8, 4) is 11.5 Å². The van der Waals surface area contributed by atoms with Gasteiger partial charge in [-0.15, -0.1) is 11.8 Å². The molecule has 0 bridgehead atoms. The maximum Gasteiger partial charge on any atom is 0.321 e. The molecule has 0 unspecified atom stereocenters. The predicted octanol–water partition coefficient (Wildman–Crippen LogP) is 3.28. The fourth-order valence-electron chi connectivity index (χ4n) is 2.96. The van der Waals surface area contributed by atoms with Gasteiger partial charge in [0.05, 0.1) is 17.4 Å². The SMILES string of the molecule is COc1ccc([C@H]2N[C@@H](C(=O)O)CS2)cc1COc1ccc([N+](=O)[O-])c(C)c1. The third kappa shape index (κ3) is 4.37. The van der Waals surface area contributed by atoms with Crippen LogP contribution in [0.4, 0.5) is 5.69 Å². The number of ether oxygens (including phenoxy) is 2. The normalized spacial score (nSPS) is 18.6. The number of nitro groups is 1. The van der Waals surface area contributed by atoms with Crippen LogP contribution in [-0.2, 0) is 11.4 Å². The molecule has 2 aromatic rings. The summed E-state index contributed by atoms with van der Waals surface area (Å²) in [6, 6.07) is 9.68. The Kier molecular flexibility index (Phi) is 6.05. The Labute approximate surface area is 166 Å². The minimum Gasteiger partial charge on any atom is -0.496 e. The first-order valence-corrected chi connectivity index (χ1v) is 9.59. The minimum atomic E-state index is -0.861. The number of carboxylic acid groups (broad SMARTS) is 1. The molecular weight excluding hydrogens is 384 g/mol. The average molecular weight is 404 g/mol. The lowest BCUT2D eigenvalue weighted by Crippen LogP contribution is -2.33. The Hall–Kier alpha value is -2.78. The van der Waals surface area contributed by atoms with Gasteiger partial charge in [-0.25, -0.2) is 0 Å². The van der Waals surface area contributed by atoms with Crippen LogP contribution < -0.4 is 14.8 Å². The Morgan fingerprint density at radius 1 is 1.36 bits per heavy atom. The van der Waals surface area contributed by atoms with E-state index >= 15 is 0 Å². The molecule has 0 amide bonds. The van der Waals surface area contributed by atoms with E-state index < -0.39 is 16.9 Å². The summed E-state index contributed by atoms with van der Waals surface area (Å²) >= 11 is 1.54. The Balaban J connectivity index is 1.75. The van der Waals surface area contributed by atoms with Crippen molar-refractivity contribution in [2.75, 3.05) is 12.9 Å². The summed E-state index contributed by atoms with van der Waals surface area (Å²) in [5.74, 6) is 0.815. The molecule has 2 aromatic carbocycles. The smallest absolute Gasteiger partial charge is 0.321 e. The van der Waals surface area contributed by atoms with Crippen LogP contribution in [0.15, 0.2) is 36.4 Å². The summed E-state index contributed by atoms with van der Waals surface area (Å²) in [5.41, 5.74) is 2.31. The quantitative estimate of drug-likeness (QED) is 0.534. The molecule has 1 aliphatic heterocycles. The monoisotopic (exact) mass is 404 g/mol. The number of benzene rings is 2. The van der Waals surface area contributed by atoms with Gasteiger partial charge in [-0.3, -0.25) is 20.2 Å². The molecule has 1 heterocycles. The molecule has 0 saturated carbocycles. The van der Waals surface area contributed by atoms with Gasteiger partial charge in [0.25, 0.3) is 5.69 Å². The molecule has 1 fully saturated rings. The summed E-state index contributed by atoms with van der Waals surface area (Å²) in [6.07, 6.45) is 0. The third-order valence-electron chi connectivity index (χ3n) is 4.45. The lowest BCUT2D eigenvalue weighted by atomic mass is 10.1. The van der Waals surface area contributed by atoms with E-state index in [1.54, 1.807) is 26.2 Å². The van der Waals surface area contributed by atoms with E-state index in [-0.39, 0.29) is 17.7 Å². The van der Waals surface area contributed by atoms with Gasteiger partial charge in [-0.1, -0.05) is 6.07 Å². The maximum absolute atomic E-state index is 11.1. The second kappa shape index (κ2) is 8.49. The number of nitro benzene ring substituents is 1. The molecule has 0 aromatic heterocycles. The van der Waals surface area contributed by atoms with Crippen LogP contribution in [0.1, 0.15) is 22.1 Å². The average Bonchev–Trinajstić information content (AvgIpc) is 3.16.